The van der Waals surface area contributed by atoms with Crippen LogP contribution in [0.2, 0.25) is 0 Å². The molecule has 2 aromatic rings. The van der Waals surface area contributed by atoms with Crippen LogP contribution < -0.4 is 5.32 Å². The summed E-state index contributed by atoms with van der Waals surface area (Å²) in [5.41, 5.74) is 4.20. The van der Waals surface area contributed by atoms with Gasteiger partial charge in [-0.1, -0.05) is 0 Å². The highest BCUT2D eigenvalue weighted by atomic mass is 16.6. The number of aromatic amines is 1. The van der Waals surface area contributed by atoms with Crippen LogP contribution in [0.1, 0.15) is 42.5 Å². The Hall–Kier alpha value is -3.82. The van der Waals surface area contributed by atoms with E-state index in [2.05, 4.69) is 10.3 Å². The average molecular weight is 443 g/mol. The number of nitrogens with one attached hydrogen (secondary N) is 2. The molecule has 2 N–H and O–H groups in total. The Labute approximate surface area is 184 Å². The van der Waals surface area contributed by atoms with Crippen molar-refractivity contribution < 1.29 is 28.4 Å². The van der Waals surface area contributed by atoms with Gasteiger partial charge in [-0.25, -0.2) is 9.59 Å². The van der Waals surface area contributed by atoms with Crippen LogP contribution in [0, 0.1) is 24.0 Å². The van der Waals surface area contributed by atoms with Crippen LogP contribution in [-0.4, -0.2) is 35.6 Å². The smallest absolute Gasteiger partial charge is 0.433 e. The molecule has 0 amide bonds. The van der Waals surface area contributed by atoms with Gasteiger partial charge in [-0.15, -0.1) is 0 Å². The number of methoxy groups -OCH3 is 1. The standard InChI is InChI=1S/C22H25N3O7/c1-11-10-15(12(2)23-11)8-9-31-22(27)19-14(4)24-13(3)18(21(26)30-5)20(19)16-6-7-17(32-16)25(28)29/h6-7,10,20,23-24H,8-9H2,1-5H3. The Morgan fingerprint density at radius 2 is 1.78 bits per heavy atom. The molecule has 0 spiro atoms. The predicted octanol–water partition coefficient (Wildman–Crippen LogP) is 3.33. The van der Waals surface area contributed by atoms with E-state index in [1.807, 2.05) is 19.9 Å². The van der Waals surface area contributed by atoms with Gasteiger partial charge in [0.15, 0.2) is 0 Å². The van der Waals surface area contributed by atoms with Gasteiger partial charge < -0.3 is 24.2 Å². The monoisotopic (exact) mass is 443 g/mol. The summed E-state index contributed by atoms with van der Waals surface area (Å²) in [4.78, 5) is 39.3. The SMILES string of the molecule is COC(=O)C1=C(C)NC(C)=C(C(=O)OCCc2cc(C)[nH]c2C)C1c1ccc([N+](=O)[O-])o1. The van der Waals surface area contributed by atoms with Crippen molar-refractivity contribution in [2.45, 2.75) is 40.0 Å². The molecule has 2 aromatic heterocycles. The second kappa shape index (κ2) is 9.13. The molecule has 0 saturated carbocycles. The first-order valence-electron chi connectivity index (χ1n) is 9.97. The zero-order valence-electron chi connectivity index (χ0n) is 18.5. The van der Waals surface area contributed by atoms with Crippen LogP contribution in [0.4, 0.5) is 5.88 Å². The fraction of sp³-hybridized carbons (Fsp3) is 0.364. The van der Waals surface area contributed by atoms with Crippen molar-refractivity contribution in [3.8, 4) is 0 Å². The first kappa shape index (κ1) is 22.9. The summed E-state index contributed by atoms with van der Waals surface area (Å²) < 4.78 is 15.8. The van der Waals surface area contributed by atoms with Gasteiger partial charge in [0.1, 0.15) is 10.7 Å². The number of esters is 2. The van der Waals surface area contributed by atoms with Crippen LogP contribution in [0.25, 0.3) is 0 Å². The summed E-state index contributed by atoms with van der Waals surface area (Å²) in [6, 6.07) is 4.54. The van der Waals surface area contributed by atoms with Crippen molar-refractivity contribution in [3.63, 3.8) is 0 Å². The molecule has 0 bridgehead atoms. The number of nitrogens with zero attached hydrogens (tertiary/aromatic N) is 1. The highest BCUT2D eigenvalue weighted by Crippen LogP contribution is 2.40. The van der Waals surface area contributed by atoms with E-state index < -0.39 is 28.7 Å². The van der Waals surface area contributed by atoms with Crippen LogP contribution in [0.3, 0.4) is 0 Å². The van der Waals surface area contributed by atoms with Crippen LogP contribution in [0.5, 0.6) is 0 Å². The zero-order valence-corrected chi connectivity index (χ0v) is 18.5. The molecule has 0 aromatic carbocycles. The van der Waals surface area contributed by atoms with Crippen molar-refractivity contribution in [3.05, 3.63) is 73.6 Å². The first-order chi connectivity index (χ1) is 15.1. The van der Waals surface area contributed by atoms with Crippen LogP contribution in [-0.2, 0) is 25.5 Å². The van der Waals surface area contributed by atoms with E-state index in [1.54, 1.807) is 13.8 Å². The lowest BCUT2D eigenvalue weighted by Crippen LogP contribution is -2.32. The van der Waals surface area contributed by atoms with Crippen molar-refractivity contribution in [1.82, 2.24) is 10.3 Å². The third-order valence-corrected chi connectivity index (χ3v) is 5.32. The maximum atomic E-state index is 13.1. The van der Waals surface area contributed by atoms with E-state index in [-0.39, 0.29) is 23.5 Å². The summed E-state index contributed by atoms with van der Waals surface area (Å²) in [7, 11) is 1.22. The number of carbonyl (C=O) groups is 2. The Balaban J connectivity index is 1.92. The summed E-state index contributed by atoms with van der Waals surface area (Å²) in [6.45, 7) is 7.32. The Morgan fingerprint density at radius 1 is 1.12 bits per heavy atom. The molecule has 1 unspecified atom stereocenters. The number of nitro groups is 1. The lowest BCUT2D eigenvalue weighted by Gasteiger charge is -2.28. The zero-order chi connectivity index (χ0) is 23.6. The summed E-state index contributed by atoms with van der Waals surface area (Å²) in [5.74, 6) is -2.78. The van der Waals surface area contributed by atoms with Gasteiger partial charge in [-0.2, -0.15) is 0 Å². The number of aryl methyl sites for hydroxylation is 2. The highest BCUT2D eigenvalue weighted by Gasteiger charge is 2.40. The van der Waals surface area contributed by atoms with Crippen LogP contribution >= 0.6 is 0 Å². The second-order valence-electron chi connectivity index (χ2n) is 7.55. The number of H-pyrrole nitrogens is 1. The van der Waals surface area contributed by atoms with Gasteiger partial charge in [-0.3, -0.25) is 10.1 Å². The van der Waals surface area contributed by atoms with E-state index in [9.17, 15) is 19.7 Å². The number of allylic oxidation sites excluding steroid dienone is 2. The van der Waals surface area contributed by atoms with Gasteiger partial charge in [0.2, 0.25) is 0 Å². The quantitative estimate of drug-likeness (QED) is 0.378. The van der Waals surface area contributed by atoms with Crippen molar-refractivity contribution in [2.75, 3.05) is 13.7 Å². The van der Waals surface area contributed by atoms with E-state index >= 15 is 0 Å². The molecule has 10 heteroatoms. The summed E-state index contributed by atoms with van der Waals surface area (Å²) in [5, 5.41) is 14.1. The van der Waals surface area contributed by atoms with Gasteiger partial charge in [0, 0.05) is 29.2 Å². The molecule has 0 saturated heterocycles. The summed E-state index contributed by atoms with van der Waals surface area (Å²) in [6.07, 6.45) is 0.511. The third-order valence-electron chi connectivity index (χ3n) is 5.32. The molecule has 0 radical (unpaired) electrons. The number of dihydropyridines is 1. The fourth-order valence-electron chi connectivity index (χ4n) is 3.90. The summed E-state index contributed by atoms with van der Waals surface area (Å²) >= 11 is 0. The normalized spacial score (nSPS) is 16.1. The van der Waals surface area contributed by atoms with Crippen molar-refractivity contribution >= 4 is 17.8 Å². The Kier molecular flexibility index (Phi) is 6.52. The molecular weight excluding hydrogens is 418 g/mol. The van der Waals surface area contributed by atoms with Crippen LogP contribution in [0.15, 0.2) is 45.2 Å². The molecule has 0 fully saturated rings. The minimum absolute atomic E-state index is 0.0707. The minimum atomic E-state index is -1.01. The minimum Gasteiger partial charge on any atom is -0.466 e. The number of aromatic nitrogens is 1. The van der Waals surface area contributed by atoms with Gasteiger partial charge >= 0.3 is 17.8 Å². The van der Waals surface area contributed by atoms with E-state index in [0.29, 0.717) is 17.8 Å². The third kappa shape index (κ3) is 4.43. The maximum Gasteiger partial charge on any atom is 0.433 e. The molecule has 1 aliphatic heterocycles. The first-order valence-corrected chi connectivity index (χ1v) is 9.97. The molecule has 3 heterocycles. The van der Waals surface area contributed by atoms with Gasteiger partial charge in [-0.05, 0) is 45.4 Å². The maximum absolute atomic E-state index is 13.1. The Bertz CT molecular complexity index is 1140. The Morgan fingerprint density at radius 3 is 2.31 bits per heavy atom. The average Bonchev–Trinajstić information content (AvgIpc) is 3.33. The predicted molar refractivity (Wildman–Crippen MR) is 114 cm³/mol. The van der Waals surface area contributed by atoms with Crippen molar-refractivity contribution in [1.29, 1.82) is 0 Å². The molecule has 0 aliphatic carbocycles. The van der Waals surface area contributed by atoms with E-state index in [4.69, 9.17) is 13.9 Å². The topological polar surface area (TPSA) is 137 Å². The lowest BCUT2D eigenvalue weighted by atomic mass is 9.83. The molecule has 170 valence electrons. The molecule has 1 atom stereocenters. The molecule has 10 nitrogen and oxygen atoms in total. The highest BCUT2D eigenvalue weighted by molar-refractivity contribution is 5.99. The molecule has 3 rings (SSSR count). The van der Waals surface area contributed by atoms with E-state index in [1.165, 1.54) is 19.2 Å². The fourth-order valence-corrected chi connectivity index (χ4v) is 3.90. The largest absolute Gasteiger partial charge is 0.466 e. The van der Waals surface area contributed by atoms with E-state index in [0.717, 1.165) is 17.0 Å². The molecule has 32 heavy (non-hydrogen) atoms. The lowest BCUT2D eigenvalue weighted by molar-refractivity contribution is -0.402. The number of carbonyl (C=O) groups excluding carboxylic acids is 2. The number of hydrogen-bond donors (Lipinski definition) is 2. The second-order valence-corrected chi connectivity index (χ2v) is 7.55. The van der Waals surface area contributed by atoms with Gasteiger partial charge in [0.25, 0.3) is 0 Å². The molecule has 1 aliphatic rings. The number of rotatable bonds is 7. The van der Waals surface area contributed by atoms with Gasteiger partial charge in [0.05, 0.1) is 36.8 Å². The van der Waals surface area contributed by atoms with Crippen molar-refractivity contribution in [2.24, 2.45) is 0 Å². The number of hydrogen-bond acceptors (Lipinski definition) is 8. The number of furan rings is 1. The number of ether oxygens (including phenoxy) is 2. The molecular formula is C22H25N3O7.